The van der Waals surface area contributed by atoms with Crippen LogP contribution in [0.1, 0.15) is 18.4 Å². The average Bonchev–Trinajstić information content (AvgIpc) is 3.02. The number of aromatic nitrogens is 1. The van der Waals surface area contributed by atoms with Gasteiger partial charge in [0, 0.05) is 6.42 Å². The Morgan fingerprint density at radius 1 is 1.19 bits per heavy atom. The number of fused-ring (bicyclic) bond motifs is 1. The number of anilines is 1. The Morgan fingerprint density at radius 3 is 2.63 bits per heavy atom. The lowest BCUT2D eigenvalue weighted by Crippen LogP contribution is -2.14. The fourth-order valence-electron chi connectivity index (χ4n) is 2.55. The number of rotatable bonds is 7. The summed E-state index contributed by atoms with van der Waals surface area (Å²) in [4.78, 5) is 16.8. The van der Waals surface area contributed by atoms with Gasteiger partial charge in [-0.3, -0.25) is 4.79 Å². The SMILES string of the molecule is COc1ccc2nc(NC(=O)CCCS(=O)(=O)c3ccc(C)cc3)sc2c1. The van der Waals surface area contributed by atoms with Gasteiger partial charge in [0.1, 0.15) is 5.75 Å². The van der Waals surface area contributed by atoms with Crippen LogP contribution in [0.3, 0.4) is 0 Å². The summed E-state index contributed by atoms with van der Waals surface area (Å²) >= 11 is 1.35. The number of nitrogens with one attached hydrogen (secondary N) is 1. The summed E-state index contributed by atoms with van der Waals surface area (Å²) in [5.41, 5.74) is 1.78. The maximum atomic E-state index is 12.3. The number of hydrogen-bond donors (Lipinski definition) is 1. The molecule has 0 bridgehead atoms. The first kappa shape index (κ1) is 19.3. The molecule has 2 aromatic carbocycles. The maximum absolute atomic E-state index is 12.3. The molecule has 0 spiro atoms. The summed E-state index contributed by atoms with van der Waals surface area (Å²) in [6.45, 7) is 1.90. The molecule has 3 rings (SSSR count). The molecule has 0 saturated carbocycles. The highest BCUT2D eigenvalue weighted by molar-refractivity contribution is 7.91. The van der Waals surface area contributed by atoms with Crippen LogP contribution >= 0.6 is 11.3 Å². The van der Waals surface area contributed by atoms with Gasteiger partial charge in [0.25, 0.3) is 0 Å². The molecule has 1 heterocycles. The Kier molecular flexibility index (Phi) is 5.76. The van der Waals surface area contributed by atoms with E-state index < -0.39 is 9.84 Å². The van der Waals surface area contributed by atoms with Crippen molar-refractivity contribution in [3.63, 3.8) is 0 Å². The van der Waals surface area contributed by atoms with Gasteiger partial charge in [0.15, 0.2) is 15.0 Å². The predicted octanol–water partition coefficient (Wildman–Crippen LogP) is 3.81. The molecule has 1 aromatic heterocycles. The van der Waals surface area contributed by atoms with Crippen molar-refractivity contribution < 1.29 is 17.9 Å². The second-order valence-electron chi connectivity index (χ2n) is 6.14. The van der Waals surface area contributed by atoms with Crippen LogP contribution in [0.2, 0.25) is 0 Å². The molecular weight excluding hydrogens is 384 g/mol. The zero-order valence-corrected chi connectivity index (χ0v) is 16.7. The summed E-state index contributed by atoms with van der Waals surface area (Å²) < 4.78 is 30.7. The van der Waals surface area contributed by atoms with E-state index in [0.29, 0.717) is 5.13 Å². The molecule has 0 fully saturated rings. The van der Waals surface area contributed by atoms with E-state index in [0.717, 1.165) is 21.5 Å². The molecule has 6 nitrogen and oxygen atoms in total. The predicted molar refractivity (Wildman–Crippen MR) is 107 cm³/mol. The second kappa shape index (κ2) is 8.06. The van der Waals surface area contributed by atoms with Crippen molar-refractivity contribution >= 4 is 42.4 Å². The van der Waals surface area contributed by atoms with Crippen molar-refractivity contribution in [2.45, 2.75) is 24.7 Å². The van der Waals surface area contributed by atoms with E-state index in [9.17, 15) is 13.2 Å². The van der Waals surface area contributed by atoms with Crippen molar-refractivity contribution in [2.75, 3.05) is 18.2 Å². The third-order valence-electron chi connectivity index (χ3n) is 4.04. The van der Waals surface area contributed by atoms with Crippen molar-refractivity contribution in [3.05, 3.63) is 48.0 Å². The number of aryl methyl sites for hydroxylation is 1. The van der Waals surface area contributed by atoms with Gasteiger partial charge in [-0.15, -0.1) is 0 Å². The van der Waals surface area contributed by atoms with Crippen molar-refractivity contribution in [1.29, 1.82) is 0 Å². The van der Waals surface area contributed by atoms with E-state index in [1.165, 1.54) is 11.3 Å². The van der Waals surface area contributed by atoms with E-state index in [4.69, 9.17) is 4.74 Å². The number of hydrogen-bond acceptors (Lipinski definition) is 6. The monoisotopic (exact) mass is 404 g/mol. The number of carbonyl (C=O) groups excluding carboxylic acids is 1. The van der Waals surface area contributed by atoms with Crippen LogP contribution in [0, 0.1) is 6.92 Å². The first-order valence-electron chi connectivity index (χ1n) is 8.41. The van der Waals surface area contributed by atoms with Crippen LogP contribution in [0.4, 0.5) is 5.13 Å². The molecule has 8 heteroatoms. The Balaban J connectivity index is 1.56. The van der Waals surface area contributed by atoms with Gasteiger partial charge in [-0.25, -0.2) is 13.4 Å². The summed E-state index contributed by atoms with van der Waals surface area (Å²) in [6.07, 6.45) is 0.366. The molecule has 3 aromatic rings. The molecule has 0 saturated heterocycles. The lowest BCUT2D eigenvalue weighted by atomic mass is 10.2. The van der Waals surface area contributed by atoms with Crippen LogP contribution in [-0.4, -0.2) is 32.2 Å². The summed E-state index contributed by atoms with van der Waals surface area (Å²) in [5.74, 6) is 0.408. The molecule has 0 aliphatic rings. The molecule has 1 amide bonds. The number of benzene rings is 2. The van der Waals surface area contributed by atoms with E-state index in [1.807, 2.05) is 25.1 Å². The number of nitrogens with zero attached hydrogens (tertiary/aromatic N) is 1. The van der Waals surface area contributed by atoms with Gasteiger partial charge in [-0.1, -0.05) is 29.0 Å². The maximum Gasteiger partial charge on any atom is 0.226 e. The molecular formula is C19H20N2O4S2. The van der Waals surface area contributed by atoms with Gasteiger partial charge in [0.05, 0.1) is 28.0 Å². The lowest BCUT2D eigenvalue weighted by molar-refractivity contribution is -0.116. The van der Waals surface area contributed by atoms with Crippen LogP contribution < -0.4 is 10.1 Å². The highest BCUT2D eigenvalue weighted by atomic mass is 32.2. The van der Waals surface area contributed by atoms with Crippen molar-refractivity contribution in [1.82, 2.24) is 4.98 Å². The van der Waals surface area contributed by atoms with Crippen LogP contribution in [0.25, 0.3) is 10.2 Å². The largest absolute Gasteiger partial charge is 0.497 e. The normalized spacial score (nSPS) is 11.5. The molecule has 27 heavy (non-hydrogen) atoms. The molecule has 0 aliphatic heterocycles. The van der Waals surface area contributed by atoms with E-state index >= 15 is 0 Å². The van der Waals surface area contributed by atoms with Crippen molar-refractivity contribution in [3.8, 4) is 5.75 Å². The Hall–Kier alpha value is -2.45. The summed E-state index contributed by atoms with van der Waals surface area (Å²) in [7, 11) is -1.79. The zero-order chi connectivity index (χ0) is 19.4. The smallest absolute Gasteiger partial charge is 0.226 e. The first-order chi connectivity index (χ1) is 12.9. The molecule has 0 unspecified atom stereocenters. The highest BCUT2D eigenvalue weighted by Gasteiger charge is 2.15. The van der Waals surface area contributed by atoms with Crippen LogP contribution in [0.15, 0.2) is 47.4 Å². The van der Waals surface area contributed by atoms with Gasteiger partial charge < -0.3 is 10.1 Å². The van der Waals surface area contributed by atoms with E-state index in [-0.39, 0.29) is 29.4 Å². The van der Waals surface area contributed by atoms with Crippen LogP contribution in [-0.2, 0) is 14.6 Å². The Bertz CT molecular complexity index is 1060. The highest BCUT2D eigenvalue weighted by Crippen LogP contribution is 2.29. The number of amides is 1. The minimum Gasteiger partial charge on any atom is -0.497 e. The second-order valence-corrected chi connectivity index (χ2v) is 9.28. The number of sulfone groups is 1. The van der Waals surface area contributed by atoms with Crippen molar-refractivity contribution in [2.24, 2.45) is 0 Å². The Morgan fingerprint density at radius 2 is 1.93 bits per heavy atom. The summed E-state index contributed by atoms with van der Waals surface area (Å²) in [5, 5.41) is 3.23. The van der Waals surface area contributed by atoms with E-state index in [1.54, 1.807) is 31.4 Å². The fraction of sp³-hybridized carbons (Fsp3) is 0.263. The standard InChI is InChI=1S/C19H20N2O4S2/c1-13-5-8-15(9-6-13)27(23,24)11-3-4-18(22)21-19-20-16-10-7-14(25-2)12-17(16)26-19/h5-10,12H,3-4,11H2,1-2H3,(H,20,21,22). The van der Waals surface area contributed by atoms with E-state index in [2.05, 4.69) is 10.3 Å². The van der Waals surface area contributed by atoms with Gasteiger partial charge in [0.2, 0.25) is 5.91 Å². The number of thiazole rings is 1. The minimum atomic E-state index is -3.38. The number of carbonyl (C=O) groups is 1. The molecule has 0 aliphatic carbocycles. The minimum absolute atomic E-state index is 0.0689. The molecule has 1 N–H and O–H groups in total. The molecule has 0 radical (unpaired) electrons. The lowest BCUT2D eigenvalue weighted by Gasteiger charge is -2.05. The van der Waals surface area contributed by atoms with Crippen LogP contribution in [0.5, 0.6) is 5.75 Å². The fourth-order valence-corrected chi connectivity index (χ4v) is 4.77. The third kappa shape index (κ3) is 4.84. The van der Waals surface area contributed by atoms with Gasteiger partial charge in [-0.2, -0.15) is 0 Å². The third-order valence-corrected chi connectivity index (χ3v) is 6.79. The quantitative estimate of drug-likeness (QED) is 0.647. The number of ether oxygens (including phenoxy) is 1. The topological polar surface area (TPSA) is 85.4 Å². The van der Waals surface area contributed by atoms with Gasteiger partial charge >= 0.3 is 0 Å². The average molecular weight is 405 g/mol. The molecule has 0 atom stereocenters. The summed E-state index contributed by atoms with van der Waals surface area (Å²) in [6, 6.07) is 12.2. The zero-order valence-electron chi connectivity index (χ0n) is 15.1. The Labute approximate surface area is 162 Å². The molecule has 142 valence electrons. The van der Waals surface area contributed by atoms with Gasteiger partial charge in [-0.05, 0) is 43.7 Å². The first-order valence-corrected chi connectivity index (χ1v) is 10.9. The number of methoxy groups -OCH3 is 1.